The average molecular weight is 278 g/mol. The van der Waals surface area contributed by atoms with Gasteiger partial charge in [0.1, 0.15) is 6.23 Å². The summed E-state index contributed by atoms with van der Waals surface area (Å²) in [6.07, 6.45) is 1.64. The Kier molecular flexibility index (Phi) is 4.95. The molecule has 1 aliphatic heterocycles. The molecule has 1 fully saturated rings. The molecule has 0 spiro atoms. The van der Waals surface area contributed by atoms with Crippen molar-refractivity contribution in [3.05, 3.63) is 35.4 Å². The summed E-state index contributed by atoms with van der Waals surface area (Å²) in [4.78, 5) is 22.9. The molecule has 1 heterocycles. The molecule has 0 aromatic heterocycles. The Balaban J connectivity index is 1.78. The van der Waals surface area contributed by atoms with Crippen molar-refractivity contribution >= 4 is 12.0 Å². The third-order valence-electron chi connectivity index (χ3n) is 3.05. The van der Waals surface area contributed by atoms with Gasteiger partial charge < -0.3 is 20.1 Å². The first-order valence-corrected chi connectivity index (χ1v) is 6.52. The Morgan fingerprint density at radius 3 is 2.70 bits per heavy atom. The number of hydrogen-bond acceptors (Lipinski definition) is 4. The molecule has 1 atom stereocenters. The van der Waals surface area contributed by atoms with Gasteiger partial charge >= 0.3 is 12.0 Å². The van der Waals surface area contributed by atoms with Crippen LogP contribution in [-0.4, -0.2) is 31.9 Å². The van der Waals surface area contributed by atoms with Crippen molar-refractivity contribution < 1.29 is 19.1 Å². The molecule has 0 bridgehead atoms. The second kappa shape index (κ2) is 6.91. The first-order chi connectivity index (χ1) is 9.69. The highest BCUT2D eigenvalue weighted by atomic mass is 16.5. The zero-order chi connectivity index (χ0) is 14.4. The summed E-state index contributed by atoms with van der Waals surface area (Å²) >= 11 is 0. The third kappa shape index (κ3) is 3.96. The average Bonchev–Trinajstić information content (AvgIpc) is 2.97. The van der Waals surface area contributed by atoms with E-state index in [-0.39, 0.29) is 18.2 Å². The van der Waals surface area contributed by atoms with E-state index in [2.05, 4.69) is 15.4 Å². The number of hydrogen-bond donors (Lipinski definition) is 2. The van der Waals surface area contributed by atoms with E-state index in [0.29, 0.717) is 18.7 Å². The molecular weight excluding hydrogens is 260 g/mol. The van der Waals surface area contributed by atoms with Crippen LogP contribution < -0.4 is 10.6 Å². The number of ether oxygens (including phenoxy) is 2. The van der Waals surface area contributed by atoms with Gasteiger partial charge in [0, 0.05) is 13.2 Å². The molecule has 0 radical (unpaired) electrons. The molecule has 6 heteroatoms. The van der Waals surface area contributed by atoms with Crippen LogP contribution in [0.25, 0.3) is 0 Å². The summed E-state index contributed by atoms with van der Waals surface area (Å²) in [5.41, 5.74) is 1.39. The van der Waals surface area contributed by atoms with Crippen molar-refractivity contribution in [1.82, 2.24) is 10.6 Å². The molecular formula is C14H18N2O4. The van der Waals surface area contributed by atoms with E-state index in [9.17, 15) is 9.59 Å². The summed E-state index contributed by atoms with van der Waals surface area (Å²) in [5, 5.41) is 5.48. The molecule has 0 saturated carbocycles. The van der Waals surface area contributed by atoms with Gasteiger partial charge in [0.15, 0.2) is 0 Å². The minimum atomic E-state index is -0.374. The Labute approximate surface area is 117 Å². The zero-order valence-electron chi connectivity index (χ0n) is 11.3. The molecule has 20 heavy (non-hydrogen) atoms. The number of carbonyl (C=O) groups excluding carboxylic acids is 2. The number of esters is 1. The van der Waals surface area contributed by atoms with Gasteiger partial charge in [-0.25, -0.2) is 9.59 Å². The molecule has 2 amide bonds. The molecule has 2 N–H and O–H groups in total. The van der Waals surface area contributed by atoms with Crippen LogP contribution in [0.4, 0.5) is 4.79 Å². The monoisotopic (exact) mass is 278 g/mol. The second-order valence-electron chi connectivity index (χ2n) is 4.52. The van der Waals surface area contributed by atoms with E-state index < -0.39 is 0 Å². The summed E-state index contributed by atoms with van der Waals surface area (Å²) in [5.74, 6) is -0.374. The number of carbonyl (C=O) groups is 2. The summed E-state index contributed by atoms with van der Waals surface area (Å²) in [6, 6.07) is 6.63. The van der Waals surface area contributed by atoms with Gasteiger partial charge in [-0.15, -0.1) is 0 Å². The molecule has 2 rings (SSSR count). The van der Waals surface area contributed by atoms with Crippen LogP contribution in [0, 0.1) is 0 Å². The fourth-order valence-electron chi connectivity index (χ4n) is 1.95. The summed E-state index contributed by atoms with van der Waals surface area (Å²) in [6.45, 7) is 1.08. The van der Waals surface area contributed by atoms with Gasteiger partial charge in [0.2, 0.25) is 0 Å². The Morgan fingerprint density at radius 1 is 1.35 bits per heavy atom. The SMILES string of the molecule is COC(=O)c1ccc(CNC(=O)NC2CCCO2)cc1. The normalized spacial score (nSPS) is 17.6. The van der Waals surface area contributed by atoms with Crippen LogP contribution in [0.15, 0.2) is 24.3 Å². The summed E-state index contributed by atoms with van der Waals surface area (Å²) < 4.78 is 9.92. The van der Waals surface area contributed by atoms with Gasteiger partial charge in [0.05, 0.1) is 12.7 Å². The van der Waals surface area contributed by atoms with Gasteiger partial charge in [-0.1, -0.05) is 12.1 Å². The highest BCUT2D eigenvalue weighted by Gasteiger charge is 2.17. The lowest BCUT2D eigenvalue weighted by Crippen LogP contribution is -2.41. The van der Waals surface area contributed by atoms with Crippen LogP contribution in [0.5, 0.6) is 0 Å². The molecule has 1 unspecified atom stereocenters. The van der Waals surface area contributed by atoms with E-state index >= 15 is 0 Å². The molecule has 1 saturated heterocycles. The van der Waals surface area contributed by atoms with Gasteiger partial charge in [-0.3, -0.25) is 0 Å². The highest BCUT2D eigenvalue weighted by molar-refractivity contribution is 5.89. The van der Waals surface area contributed by atoms with Crippen LogP contribution in [0.2, 0.25) is 0 Å². The molecule has 1 aromatic carbocycles. The predicted octanol–water partition coefficient (Wildman–Crippen LogP) is 1.41. The Hall–Kier alpha value is -2.08. The molecule has 108 valence electrons. The van der Waals surface area contributed by atoms with E-state index in [0.717, 1.165) is 18.4 Å². The molecule has 1 aliphatic rings. The van der Waals surface area contributed by atoms with Crippen molar-refractivity contribution in [3.8, 4) is 0 Å². The van der Waals surface area contributed by atoms with E-state index in [1.807, 2.05) is 0 Å². The van der Waals surface area contributed by atoms with E-state index in [1.54, 1.807) is 24.3 Å². The quantitative estimate of drug-likeness (QED) is 0.816. The number of methoxy groups -OCH3 is 1. The maximum atomic E-state index is 11.6. The van der Waals surface area contributed by atoms with Crippen molar-refractivity contribution in [2.45, 2.75) is 25.6 Å². The van der Waals surface area contributed by atoms with Gasteiger partial charge in [0.25, 0.3) is 0 Å². The fraction of sp³-hybridized carbons (Fsp3) is 0.429. The van der Waals surface area contributed by atoms with Crippen LogP contribution in [-0.2, 0) is 16.0 Å². The van der Waals surface area contributed by atoms with Crippen molar-refractivity contribution in [2.75, 3.05) is 13.7 Å². The van der Waals surface area contributed by atoms with E-state index in [4.69, 9.17) is 4.74 Å². The Bertz CT molecular complexity index is 467. The van der Waals surface area contributed by atoms with Crippen molar-refractivity contribution in [1.29, 1.82) is 0 Å². The maximum Gasteiger partial charge on any atom is 0.337 e. The van der Waals surface area contributed by atoms with Crippen LogP contribution >= 0.6 is 0 Å². The van der Waals surface area contributed by atoms with Gasteiger partial charge in [-0.2, -0.15) is 0 Å². The van der Waals surface area contributed by atoms with Crippen molar-refractivity contribution in [2.24, 2.45) is 0 Å². The maximum absolute atomic E-state index is 11.6. The van der Waals surface area contributed by atoms with Gasteiger partial charge in [-0.05, 0) is 30.5 Å². The van der Waals surface area contributed by atoms with Crippen LogP contribution in [0.3, 0.4) is 0 Å². The minimum Gasteiger partial charge on any atom is -0.465 e. The summed E-state index contributed by atoms with van der Waals surface area (Å²) in [7, 11) is 1.34. The first-order valence-electron chi connectivity index (χ1n) is 6.52. The molecule has 1 aromatic rings. The lowest BCUT2D eigenvalue weighted by molar-refractivity contribution is 0.0600. The topological polar surface area (TPSA) is 76.7 Å². The fourth-order valence-corrected chi connectivity index (χ4v) is 1.95. The smallest absolute Gasteiger partial charge is 0.337 e. The largest absolute Gasteiger partial charge is 0.465 e. The molecule has 0 aliphatic carbocycles. The third-order valence-corrected chi connectivity index (χ3v) is 3.05. The second-order valence-corrected chi connectivity index (χ2v) is 4.52. The standard InChI is InChI=1S/C14H18N2O4/c1-19-13(17)11-6-4-10(5-7-11)9-15-14(18)16-12-3-2-8-20-12/h4-7,12H,2-3,8-9H2,1H3,(H2,15,16,18). The zero-order valence-corrected chi connectivity index (χ0v) is 11.3. The highest BCUT2D eigenvalue weighted by Crippen LogP contribution is 2.09. The number of nitrogens with one attached hydrogen (secondary N) is 2. The van der Waals surface area contributed by atoms with Crippen LogP contribution in [0.1, 0.15) is 28.8 Å². The lowest BCUT2D eigenvalue weighted by Gasteiger charge is -2.12. The van der Waals surface area contributed by atoms with E-state index in [1.165, 1.54) is 7.11 Å². The number of amides is 2. The number of urea groups is 1. The number of benzene rings is 1. The molecule has 6 nitrogen and oxygen atoms in total. The lowest BCUT2D eigenvalue weighted by atomic mass is 10.1. The predicted molar refractivity (Wildman–Crippen MR) is 72.1 cm³/mol. The first kappa shape index (κ1) is 14.3. The number of rotatable bonds is 4. The Morgan fingerprint density at radius 2 is 2.10 bits per heavy atom. The minimum absolute atomic E-state index is 0.184. The van der Waals surface area contributed by atoms with Crippen molar-refractivity contribution in [3.63, 3.8) is 0 Å².